The zero-order chi connectivity index (χ0) is 41.6. The summed E-state index contributed by atoms with van der Waals surface area (Å²) in [5, 5.41) is 34.5. The van der Waals surface area contributed by atoms with Crippen LogP contribution in [0.3, 0.4) is 0 Å². The number of carboxylic acid groups (broad SMARTS) is 3. The molecule has 1 atom stereocenters. The van der Waals surface area contributed by atoms with Gasteiger partial charge in [-0.15, -0.1) is 0 Å². The summed E-state index contributed by atoms with van der Waals surface area (Å²) in [5.74, 6) is -3.05. The van der Waals surface area contributed by atoms with Gasteiger partial charge in [0, 0.05) is 71.9 Å². The van der Waals surface area contributed by atoms with Crippen LogP contribution in [0.15, 0.2) is 59.6 Å². The van der Waals surface area contributed by atoms with E-state index in [0.29, 0.717) is 77.7 Å². The fraction of sp³-hybridized carbons (Fsp3) is 0.561. The van der Waals surface area contributed by atoms with Crippen LogP contribution in [-0.2, 0) is 30.4 Å². The zero-order valence-corrected chi connectivity index (χ0v) is 33.5. The maximum atomic E-state index is 13.7. The number of nitrogens with two attached hydrogens (primary N) is 1. The number of carbonyl (C=O) groups excluding carboxylic acids is 2. The molecule has 1 saturated heterocycles. The highest BCUT2D eigenvalue weighted by Gasteiger charge is 2.21. The van der Waals surface area contributed by atoms with E-state index in [4.69, 9.17) is 10.7 Å². The van der Waals surface area contributed by atoms with E-state index in [2.05, 4.69) is 24.5 Å². The summed E-state index contributed by atoms with van der Waals surface area (Å²) < 4.78 is 0. The Morgan fingerprint density at radius 1 is 0.649 bits per heavy atom. The van der Waals surface area contributed by atoms with Gasteiger partial charge in [-0.25, -0.2) is 0 Å². The van der Waals surface area contributed by atoms with Gasteiger partial charge >= 0.3 is 17.9 Å². The number of nitrogens with one attached hydrogen (secondary N) is 2. The van der Waals surface area contributed by atoms with Gasteiger partial charge in [-0.2, -0.15) is 0 Å². The minimum atomic E-state index is -1.02. The first-order valence-electron chi connectivity index (χ1n) is 19.8. The molecule has 0 radical (unpaired) electrons. The Bertz CT molecular complexity index is 1560. The molecule has 314 valence electrons. The number of carbonyl (C=O) groups is 5. The predicted molar refractivity (Wildman–Crippen MR) is 219 cm³/mol. The summed E-state index contributed by atoms with van der Waals surface area (Å²) in [6.45, 7) is 7.08. The average molecular weight is 795 g/mol. The number of amides is 2. The van der Waals surface area contributed by atoms with Crippen LogP contribution >= 0.6 is 0 Å². The first-order valence-corrected chi connectivity index (χ1v) is 19.8. The van der Waals surface area contributed by atoms with Crippen molar-refractivity contribution in [2.45, 2.75) is 52.0 Å². The van der Waals surface area contributed by atoms with E-state index in [-0.39, 0.29) is 56.8 Å². The molecule has 0 aromatic heterocycles. The maximum Gasteiger partial charge on any atom is 0.317 e. The Balaban J connectivity index is 1.77. The van der Waals surface area contributed by atoms with Gasteiger partial charge in [0.1, 0.15) is 5.71 Å². The monoisotopic (exact) mass is 794 g/mol. The Morgan fingerprint density at radius 2 is 1.11 bits per heavy atom. The van der Waals surface area contributed by atoms with Crippen molar-refractivity contribution in [2.75, 3.05) is 91.8 Å². The number of aliphatic imine (C=N–C) groups is 1. The minimum Gasteiger partial charge on any atom is -0.480 e. The molecule has 0 spiro atoms. The Labute approximate surface area is 336 Å². The quantitative estimate of drug-likeness (QED) is 0.0782. The fourth-order valence-corrected chi connectivity index (χ4v) is 6.41. The molecular formula is C41H62N8O8. The SMILES string of the molecule is CC(C)CCCNC(=O)[C@H](N)CCCNC(=O)/C(Cc1ccc(-c2ccccc2)cc1)=N/CN1CCN(CC(=O)O)CCN(CC(=O)O)CCN(CC(=O)O)CC1. The topological polar surface area (TPSA) is 221 Å². The van der Waals surface area contributed by atoms with E-state index in [9.17, 15) is 39.3 Å². The van der Waals surface area contributed by atoms with Gasteiger partial charge in [0.15, 0.2) is 0 Å². The van der Waals surface area contributed by atoms with Crippen LogP contribution in [-0.4, -0.2) is 168 Å². The van der Waals surface area contributed by atoms with Gasteiger partial charge in [-0.05, 0) is 48.3 Å². The standard InChI is InChI=1S/C41H62N8O8/c1-31(2)8-6-16-43-40(56)35(42)11-7-17-44-41(57)36(26-32-12-14-34(15-13-32)33-9-4-3-5-10-33)45-30-49-24-22-47(28-38(52)53)20-18-46(27-37(50)51)19-21-48(23-25-49)29-39(54)55/h3-5,9-10,12-15,31,35H,6-8,11,16-30,42H2,1-2H3,(H,43,56)(H,44,57)(H,50,51)(H,52,53)(H,54,55)/b45-36+/t35-/m1/s1. The number of nitrogens with zero attached hydrogens (tertiary/aromatic N) is 5. The van der Waals surface area contributed by atoms with Crippen molar-refractivity contribution < 1.29 is 39.3 Å². The highest BCUT2D eigenvalue weighted by molar-refractivity contribution is 6.39. The highest BCUT2D eigenvalue weighted by atomic mass is 16.4. The summed E-state index contributed by atoms with van der Waals surface area (Å²) in [5.41, 5.74) is 9.39. The molecule has 1 aliphatic heterocycles. The Morgan fingerprint density at radius 3 is 1.60 bits per heavy atom. The molecule has 1 heterocycles. The molecular weight excluding hydrogens is 732 g/mol. The third kappa shape index (κ3) is 19.3. The van der Waals surface area contributed by atoms with Gasteiger partial charge in [0.2, 0.25) is 5.91 Å². The van der Waals surface area contributed by atoms with E-state index in [1.54, 1.807) is 14.7 Å². The Hall–Kier alpha value is -4.74. The number of hydrogen-bond acceptors (Lipinski definition) is 11. The molecule has 2 aromatic carbocycles. The number of rotatable bonds is 21. The molecule has 3 rings (SSSR count). The molecule has 1 fully saturated rings. The van der Waals surface area contributed by atoms with Crippen LogP contribution in [0.2, 0.25) is 0 Å². The average Bonchev–Trinajstić information content (AvgIpc) is 3.16. The third-order valence-corrected chi connectivity index (χ3v) is 9.73. The van der Waals surface area contributed by atoms with Crippen molar-refractivity contribution in [3.63, 3.8) is 0 Å². The zero-order valence-electron chi connectivity index (χ0n) is 33.5. The van der Waals surface area contributed by atoms with E-state index >= 15 is 0 Å². The lowest BCUT2D eigenvalue weighted by atomic mass is 10.0. The molecule has 0 unspecified atom stereocenters. The second kappa shape index (κ2) is 25.5. The lowest BCUT2D eigenvalue weighted by molar-refractivity contribution is -0.140. The lowest BCUT2D eigenvalue weighted by Crippen LogP contribution is -2.48. The summed E-state index contributed by atoms with van der Waals surface area (Å²) in [6, 6.07) is 17.2. The first-order chi connectivity index (χ1) is 27.3. The first kappa shape index (κ1) is 46.6. The van der Waals surface area contributed by atoms with Gasteiger partial charge < -0.3 is 31.7 Å². The van der Waals surface area contributed by atoms with Crippen LogP contribution in [0.25, 0.3) is 11.1 Å². The molecule has 0 aliphatic carbocycles. The van der Waals surface area contributed by atoms with E-state index in [0.717, 1.165) is 29.5 Å². The fourth-order valence-electron chi connectivity index (χ4n) is 6.41. The summed E-state index contributed by atoms with van der Waals surface area (Å²) in [4.78, 5) is 73.1. The third-order valence-electron chi connectivity index (χ3n) is 9.73. The van der Waals surface area contributed by atoms with Crippen LogP contribution in [0, 0.1) is 5.92 Å². The summed E-state index contributed by atoms with van der Waals surface area (Å²) in [6.07, 6.45) is 3.02. The molecule has 16 heteroatoms. The Kier molecular flexibility index (Phi) is 20.9. The number of carboxylic acids is 3. The van der Waals surface area contributed by atoms with Gasteiger partial charge in [0.25, 0.3) is 5.91 Å². The second-order valence-electron chi connectivity index (χ2n) is 14.9. The molecule has 2 amide bonds. The van der Waals surface area contributed by atoms with Crippen molar-refractivity contribution in [1.29, 1.82) is 0 Å². The van der Waals surface area contributed by atoms with Crippen LogP contribution in [0.1, 0.15) is 45.1 Å². The van der Waals surface area contributed by atoms with Crippen molar-refractivity contribution in [1.82, 2.24) is 30.2 Å². The number of hydrogen-bond donors (Lipinski definition) is 6. The molecule has 57 heavy (non-hydrogen) atoms. The molecule has 2 aromatic rings. The lowest BCUT2D eigenvalue weighted by Gasteiger charge is -2.32. The maximum absolute atomic E-state index is 13.7. The van der Waals surface area contributed by atoms with Crippen LogP contribution in [0.5, 0.6) is 0 Å². The van der Waals surface area contributed by atoms with Gasteiger partial charge in [-0.1, -0.05) is 68.4 Å². The molecule has 0 bridgehead atoms. The van der Waals surface area contributed by atoms with E-state index in [1.165, 1.54) is 0 Å². The van der Waals surface area contributed by atoms with Crippen molar-refractivity contribution in [3.8, 4) is 11.1 Å². The molecule has 7 N–H and O–H groups in total. The van der Waals surface area contributed by atoms with E-state index < -0.39 is 23.9 Å². The largest absolute Gasteiger partial charge is 0.480 e. The molecule has 0 saturated carbocycles. The van der Waals surface area contributed by atoms with Crippen LogP contribution in [0.4, 0.5) is 0 Å². The van der Waals surface area contributed by atoms with Crippen LogP contribution < -0.4 is 16.4 Å². The normalized spacial score (nSPS) is 16.3. The van der Waals surface area contributed by atoms with Crippen molar-refractivity contribution >= 4 is 35.4 Å². The second-order valence-corrected chi connectivity index (χ2v) is 14.9. The van der Waals surface area contributed by atoms with Crippen molar-refractivity contribution in [2.24, 2.45) is 16.6 Å². The number of benzene rings is 2. The predicted octanol–water partition coefficient (Wildman–Crippen LogP) is 1.55. The van der Waals surface area contributed by atoms with Gasteiger partial charge in [-0.3, -0.25) is 48.6 Å². The molecule has 1 aliphatic rings. The molecule has 16 nitrogen and oxygen atoms in total. The summed E-state index contributed by atoms with van der Waals surface area (Å²) >= 11 is 0. The smallest absolute Gasteiger partial charge is 0.317 e. The van der Waals surface area contributed by atoms with Crippen molar-refractivity contribution in [3.05, 3.63) is 60.2 Å². The summed E-state index contributed by atoms with van der Waals surface area (Å²) in [7, 11) is 0. The number of aliphatic carboxylic acids is 3. The highest BCUT2D eigenvalue weighted by Crippen LogP contribution is 2.19. The minimum absolute atomic E-state index is 0.0969. The van der Waals surface area contributed by atoms with E-state index in [1.807, 2.05) is 59.5 Å². The van der Waals surface area contributed by atoms with Gasteiger partial charge in [0.05, 0.1) is 32.3 Å².